The third kappa shape index (κ3) is 2.82. The van der Waals surface area contributed by atoms with Crippen LogP contribution in [0.2, 0.25) is 0 Å². The molecule has 112 valence electrons. The lowest BCUT2D eigenvalue weighted by molar-refractivity contribution is 0.159. The molecule has 20 heavy (non-hydrogen) atoms. The lowest BCUT2D eigenvalue weighted by Crippen LogP contribution is -2.51. The first-order valence-corrected chi connectivity index (χ1v) is 8.39. The molecule has 0 amide bonds. The Morgan fingerprint density at radius 3 is 2.60 bits per heavy atom. The van der Waals surface area contributed by atoms with Crippen LogP contribution in [0.25, 0.3) is 0 Å². The minimum Gasteiger partial charge on any atom is -0.398 e. The van der Waals surface area contributed by atoms with Gasteiger partial charge in [0.25, 0.3) is 0 Å². The molecule has 1 unspecified atom stereocenters. The molecule has 1 aromatic rings. The van der Waals surface area contributed by atoms with Gasteiger partial charge in [-0.3, -0.25) is 0 Å². The molecule has 1 atom stereocenters. The van der Waals surface area contributed by atoms with E-state index < -0.39 is 10.0 Å². The Balaban J connectivity index is 2.29. The number of hydrogen-bond donors (Lipinski definition) is 1. The molecule has 0 radical (unpaired) electrons. The molecule has 0 saturated carbocycles. The number of sulfonamides is 1. The van der Waals surface area contributed by atoms with E-state index in [1.54, 1.807) is 16.4 Å². The van der Waals surface area contributed by atoms with Crippen LogP contribution in [-0.4, -0.2) is 50.3 Å². The monoisotopic (exact) mass is 297 g/mol. The van der Waals surface area contributed by atoms with Gasteiger partial charge in [0.05, 0.1) is 4.90 Å². The Morgan fingerprint density at radius 1 is 1.35 bits per heavy atom. The topological polar surface area (TPSA) is 66.6 Å². The molecule has 0 aliphatic carbocycles. The van der Waals surface area contributed by atoms with Crippen molar-refractivity contribution in [3.05, 3.63) is 23.8 Å². The normalized spacial score (nSPS) is 22.1. The van der Waals surface area contributed by atoms with Crippen molar-refractivity contribution < 1.29 is 8.42 Å². The number of piperazine rings is 1. The van der Waals surface area contributed by atoms with Gasteiger partial charge in [-0.25, -0.2) is 8.42 Å². The average molecular weight is 297 g/mol. The molecule has 1 aliphatic rings. The van der Waals surface area contributed by atoms with E-state index in [9.17, 15) is 8.42 Å². The third-order valence-corrected chi connectivity index (χ3v) is 5.92. The van der Waals surface area contributed by atoms with Crippen molar-refractivity contribution in [2.45, 2.75) is 31.2 Å². The summed E-state index contributed by atoms with van der Waals surface area (Å²) in [4.78, 5) is 2.46. The van der Waals surface area contributed by atoms with Gasteiger partial charge in [0.15, 0.2) is 0 Å². The van der Waals surface area contributed by atoms with Crippen molar-refractivity contribution in [2.75, 3.05) is 32.4 Å². The molecule has 2 rings (SSSR count). The van der Waals surface area contributed by atoms with E-state index >= 15 is 0 Å². The van der Waals surface area contributed by atoms with Crippen LogP contribution in [0, 0.1) is 0 Å². The van der Waals surface area contributed by atoms with Gasteiger partial charge < -0.3 is 10.6 Å². The standard InChI is InChI=1S/C14H23N3O2S/c1-4-12-5-6-13(9-14(12)15)20(18,19)17-8-7-16(3)11(2)10-17/h5-6,9,11H,4,7-8,10,15H2,1-3H3. The fourth-order valence-corrected chi connectivity index (χ4v) is 3.99. The zero-order valence-electron chi connectivity index (χ0n) is 12.3. The van der Waals surface area contributed by atoms with Crippen molar-refractivity contribution in [3.8, 4) is 0 Å². The lowest BCUT2D eigenvalue weighted by Gasteiger charge is -2.36. The molecule has 1 aliphatic heterocycles. The maximum absolute atomic E-state index is 12.6. The zero-order valence-corrected chi connectivity index (χ0v) is 13.2. The van der Waals surface area contributed by atoms with Gasteiger partial charge in [0.1, 0.15) is 0 Å². The second-order valence-corrected chi connectivity index (χ2v) is 7.34. The quantitative estimate of drug-likeness (QED) is 0.850. The lowest BCUT2D eigenvalue weighted by atomic mass is 10.1. The third-order valence-electron chi connectivity index (χ3n) is 4.06. The maximum Gasteiger partial charge on any atom is 0.243 e. The Labute approximate surface area is 121 Å². The molecule has 2 N–H and O–H groups in total. The number of nitrogen functional groups attached to an aromatic ring is 1. The smallest absolute Gasteiger partial charge is 0.243 e. The molecule has 1 heterocycles. The van der Waals surface area contributed by atoms with E-state index in [4.69, 9.17) is 5.73 Å². The number of likely N-dealkylation sites (N-methyl/N-ethyl adjacent to an activating group) is 1. The molecule has 1 fully saturated rings. The van der Waals surface area contributed by atoms with Crippen LogP contribution in [0.1, 0.15) is 19.4 Å². The molecule has 0 aromatic heterocycles. The second kappa shape index (κ2) is 5.71. The van der Waals surface area contributed by atoms with Gasteiger partial charge in [-0.2, -0.15) is 4.31 Å². The van der Waals surface area contributed by atoms with Crippen molar-refractivity contribution in [2.24, 2.45) is 0 Å². The van der Waals surface area contributed by atoms with Crippen LogP contribution in [0.4, 0.5) is 5.69 Å². The van der Waals surface area contributed by atoms with E-state index in [0.29, 0.717) is 23.7 Å². The van der Waals surface area contributed by atoms with Gasteiger partial charge in [0.2, 0.25) is 10.0 Å². The number of aryl methyl sites for hydroxylation is 1. The summed E-state index contributed by atoms with van der Waals surface area (Å²) in [6.07, 6.45) is 0.803. The summed E-state index contributed by atoms with van der Waals surface area (Å²) in [7, 11) is -1.42. The summed E-state index contributed by atoms with van der Waals surface area (Å²) in [5.74, 6) is 0. The fourth-order valence-electron chi connectivity index (χ4n) is 2.44. The molecule has 0 spiro atoms. The van der Waals surface area contributed by atoms with Crippen LogP contribution in [0.15, 0.2) is 23.1 Å². The highest BCUT2D eigenvalue weighted by molar-refractivity contribution is 7.89. The first kappa shape index (κ1) is 15.3. The van der Waals surface area contributed by atoms with E-state index in [2.05, 4.69) is 4.90 Å². The zero-order chi connectivity index (χ0) is 14.9. The van der Waals surface area contributed by atoms with Crippen LogP contribution >= 0.6 is 0 Å². The minimum atomic E-state index is -3.44. The molecule has 1 aromatic carbocycles. The Hall–Kier alpha value is -1.11. The van der Waals surface area contributed by atoms with Gasteiger partial charge in [0, 0.05) is 31.4 Å². The molecule has 1 saturated heterocycles. The van der Waals surface area contributed by atoms with Gasteiger partial charge in [-0.1, -0.05) is 13.0 Å². The number of benzene rings is 1. The highest BCUT2D eigenvalue weighted by atomic mass is 32.2. The predicted octanol–water partition coefficient (Wildman–Crippen LogP) is 1.16. The van der Waals surface area contributed by atoms with Gasteiger partial charge in [-0.15, -0.1) is 0 Å². The van der Waals surface area contributed by atoms with Crippen molar-refractivity contribution in [1.29, 1.82) is 0 Å². The minimum absolute atomic E-state index is 0.228. The molecule has 5 nitrogen and oxygen atoms in total. The summed E-state index contributed by atoms with van der Waals surface area (Å²) in [6.45, 7) is 5.84. The van der Waals surface area contributed by atoms with Crippen molar-refractivity contribution in [1.82, 2.24) is 9.21 Å². The number of rotatable bonds is 3. The Kier molecular flexibility index (Phi) is 4.36. The SMILES string of the molecule is CCc1ccc(S(=O)(=O)N2CCN(C)C(C)C2)cc1N. The van der Waals surface area contributed by atoms with Crippen LogP contribution in [-0.2, 0) is 16.4 Å². The fraction of sp³-hybridized carbons (Fsp3) is 0.571. The summed E-state index contributed by atoms with van der Waals surface area (Å²) in [5.41, 5.74) is 7.45. The number of nitrogens with two attached hydrogens (primary N) is 1. The van der Waals surface area contributed by atoms with Crippen molar-refractivity contribution >= 4 is 15.7 Å². The number of anilines is 1. The first-order chi connectivity index (χ1) is 9.36. The Morgan fingerprint density at radius 2 is 2.05 bits per heavy atom. The number of hydrogen-bond acceptors (Lipinski definition) is 4. The second-order valence-electron chi connectivity index (χ2n) is 5.41. The van der Waals surface area contributed by atoms with Crippen LogP contribution in [0.5, 0.6) is 0 Å². The summed E-state index contributed by atoms with van der Waals surface area (Å²) < 4.78 is 26.8. The van der Waals surface area contributed by atoms with E-state index in [-0.39, 0.29) is 6.04 Å². The van der Waals surface area contributed by atoms with Gasteiger partial charge in [-0.05, 0) is 38.1 Å². The largest absolute Gasteiger partial charge is 0.398 e. The predicted molar refractivity (Wildman–Crippen MR) is 81.1 cm³/mol. The summed E-state index contributed by atoms with van der Waals surface area (Å²) in [5, 5.41) is 0. The average Bonchev–Trinajstić information content (AvgIpc) is 2.41. The summed E-state index contributed by atoms with van der Waals surface area (Å²) in [6, 6.07) is 5.28. The molecular formula is C14H23N3O2S. The maximum atomic E-state index is 12.6. The Bertz CT molecular complexity index is 586. The molecule has 0 bridgehead atoms. The summed E-state index contributed by atoms with van der Waals surface area (Å²) >= 11 is 0. The van der Waals surface area contributed by atoms with E-state index in [0.717, 1.165) is 18.5 Å². The first-order valence-electron chi connectivity index (χ1n) is 6.95. The van der Waals surface area contributed by atoms with E-state index in [1.807, 2.05) is 27.0 Å². The highest BCUT2D eigenvalue weighted by Gasteiger charge is 2.30. The van der Waals surface area contributed by atoms with Crippen molar-refractivity contribution in [3.63, 3.8) is 0 Å². The highest BCUT2D eigenvalue weighted by Crippen LogP contribution is 2.23. The molecule has 6 heteroatoms. The molecular weight excluding hydrogens is 274 g/mol. The van der Waals surface area contributed by atoms with Crippen LogP contribution < -0.4 is 5.73 Å². The van der Waals surface area contributed by atoms with Crippen LogP contribution in [0.3, 0.4) is 0 Å². The van der Waals surface area contributed by atoms with Gasteiger partial charge >= 0.3 is 0 Å². The van der Waals surface area contributed by atoms with E-state index in [1.165, 1.54) is 0 Å². The number of nitrogens with zero attached hydrogens (tertiary/aromatic N) is 2.